The van der Waals surface area contributed by atoms with Gasteiger partial charge in [-0.3, -0.25) is 10.0 Å². The highest BCUT2D eigenvalue weighted by atomic mass is 32.1. The van der Waals surface area contributed by atoms with Crippen LogP contribution in [0.2, 0.25) is 0 Å². The van der Waals surface area contributed by atoms with E-state index in [9.17, 15) is 4.79 Å². The van der Waals surface area contributed by atoms with Gasteiger partial charge in [-0.2, -0.15) is 0 Å². The number of unbranched alkanes of at least 4 members (excludes halogenated alkanes) is 1. The van der Waals surface area contributed by atoms with E-state index in [0.29, 0.717) is 26.2 Å². The van der Waals surface area contributed by atoms with E-state index in [4.69, 9.17) is 14.9 Å². The van der Waals surface area contributed by atoms with E-state index in [1.165, 1.54) is 10.4 Å². The molecule has 0 radical (unpaired) electrons. The molecule has 160 valence electrons. The minimum Gasteiger partial charge on any atom is -0.376 e. The van der Waals surface area contributed by atoms with Crippen LogP contribution in [0.1, 0.15) is 35.4 Å². The zero-order valence-electron chi connectivity index (χ0n) is 16.7. The van der Waals surface area contributed by atoms with Crippen molar-refractivity contribution in [3.05, 3.63) is 58.0 Å². The third-order valence-corrected chi connectivity index (χ3v) is 6.48. The number of ether oxygens (including phenoxy) is 1. The van der Waals surface area contributed by atoms with Crippen LogP contribution >= 0.6 is 22.7 Å². The largest absolute Gasteiger partial charge is 0.376 e. The zero-order valence-corrected chi connectivity index (χ0v) is 18.3. The Morgan fingerprint density at radius 3 is 2.80 bits per heavy atom. The Bertz CT molecular complexity index is 885. The lowest BCUT2D eigenvalue weighted by atomic mass is 10.2. The maximum absolute atomic E-state index is 11.0. The van der Waals surface area contributed by atoms with E-state index in [1.54, 1.807) is 34.4 Å². The molecular weight excluding hydrogens is 420 g/mol. The number of hydroxylamine groups is 1. The first kappa shape index (κ1) is 22.5. The predicted octanol–water partition coefficient (Wildman–Crippen LogP) is 3.79. The number of amides is 1. The predicted molar refractivity (Wildman–Crippen MR) is 119 cm³/mol. The van der Waals surface area contributed by atoms with E-state index in [2.05, 4.69) is 22.4 Å². The monoisotopic (exact) mass is 446 g/mol. The molecule has 1 aromatic carbocycles. The summed E-state index contributed by atoms with van der Waals surface area (Å²) in [5.74, 6) is -0.347. The second-order valence-electron chi connectivity index (χ2n) is 6.68. The number of hydrogen-bond donors (Lipinski definition) is 3. The number of benzene rings is 1. The molecule has 3 rings (SSSR count). The number of carbonyl (C=O) groups is 1. The molecule has 0 saturated heterocycles. The minimum absolute atomic E-state index is 0.326. The van der Waals surface area contributed by atoms with Gasteiger partial charge < -0.3 is 10.1 Å². The van der Waals surface area contributed by atoms with Crippen LogP contribution in [0.15, 0.2) is 41.9 Å². The number of aromatic nitrogens is 2. The van der Waals surface area contributed by atoms with Crippen LogP contribution in [0, 0.1) is 0 Å². The van der Waals surface area contributed by atoms with Crippen molar-refractivity contribution in [3.8, 4) is 10.0 Å². The fraction of sp³-hybridized carbons (Fsp3) is 0.381. The van der Waals surface area contributed by atoms with Crippen molar-refractivity contribution in [2.45, 2.75) is 38.8 Å². The average Bonchev–Trinajstić information content (AvgIpc) is 3.44. The van der Waals surface area contributed by atoms with Crippen molar-refractivity contribution in [2.24, 2.45) is 0 Å². The van der Waals surface area contributed by atoms with Gasteiger partial charge in [0.1, 0.15) is 0 Å². The number of nitrogens with one attached hydrogen (secondary N) is 2. The second kappa shape index (κ2) is 12.5. The highest BCUT2D eigenvalue weighted by molar-refractivity contribution is 7.20. The van der Waals surface area contributed by atoms with Crippen molar-refractivity contribution in [1.29, 1.82) is 0 Å². The maximum atomic E-state index is 11.0. The Kier molecular flexibility index (Phi) is 9.39. The molecule has 0 bridgehead atoms. The van der Waals surface area contributed by atoms with Crippen LogP contribution < -0.4 is 10.8 Å². The third-order valence-electron chi connectivity index (χ3n) is 4.40. The van der Waals surface area contributed by atoms with Gasteiger partial charge in [0.2, 0.25) is 5.91 Å². The molecule has 0 unspecified atom stereocenters. The molecule has 9 heteroatoms. The lowest BCUT2D eigenvalue weighted by Crippen LogP contribution is -2.19. The fourth-order valence-corrected chi connectivity index (χ4v) is 4.60. The van der Waals surface area contributed by atoms with Crippen LogP contribution in [0.3, 0.4) is 0 Å². The van der Waals surface area contributed by atoms with Gasteiger partial charge >= 0.3 is 0 Å². The Morgan fingerprint density at radius 1 is 1.17 bits per heavy atom. The highest BCUT2D eigenvalue weighted by Crippen LogP contribution is 2.30. The Labute approximate surface area is 184 Å². The molecule has 0 atom stereocenters. The summed E-state index contributed by atoms with van der Waals surface area (Å²) in [6.07, 6.45) is 4.51. The van der Waals surface area contributed by atoms with Crippen molar-refractivity contribution in [3.63, 3.8) is 0 Å². The Hall–Kier alpha value is -2.17. The number of rotatable bonds is 13. The summed E-state index contributed by atoms with van der Waals surface area (Å²) >= 11 is 3.27. The van der Waals surface area contributed by atoms with E-state index < -0.39 is 0 Å². The quantitative estimate of drug-likeness (QED) is 0.210. The zero-order chi connectivity index (χ0) is 21.0. The number of hydrogen-bond acceptors (Lipinski definition) is 8. The molecule has 3 N–H and O–H groups in total. The topological polar surface area (TPSA) is 96.4 Å². The van der Waals surface area contributed by atoms with Gasteiger partial charge in [-0.05, 0) is 24.9 Å². The molecule has 7 nitrogen and oxygen atoms in total. The third kappa shape index (κ3) is 7.26. The number of thiazole rings is 2. The van der Waals surface area contributed by atoms with Crippen LogP contribution in [0.4, 0.5) is 0 Å². The summed E-state index contributed by atoms with van der Waals surface area (Å²) < 4.78 is 5.86. The molecule has 0 fully saturated rings. The van der Waals surface area contributed by atoms with Gasteiger partial charge in [0, 0.05) is 35.8 Å². The molecule has 0 saturated carbocycles. The van der Waals surface area contributed by atoms with Crippen molar-refractivity contribution in [2.75, 3.05) is 13.2 Å². The van der Waals surface area contributed by atoms with Crippen LogP contribution in [0.25, 0.3) is 10.0 Å². The second-order valence-corrected chi connectivity index (χ2v) is 8.66. The van der Waals surface area contributed by atoms with Gasteiger partial charge in [-0.25, -0.2) is 15.4 Å². The van der Waals surface area contributed by atoms with Gasteiger partial charge in [0.15, 0.2) is 10.0 Å². The van der Waals surface area contributed by atoms with Crippen molar-refractivity contribution >= 4 is 28.6 Å². The van der Waals surface area contributed by atoms with E-state index in [-0.39, 0.29) is 5.91 Å². The minimum atomic E-state index is -0.347. The molecular formula is C21H26N4O3S2. The van der Waals surface area contributed by atoms with Gasteiger partial charge in [0.25, 0.3) is 0 Å². The first-order chi connectivity index (χ1) is 14.8. The van der Waals surface area contributed by atoms with Gasteiger partial charge in [0.05, 0.1) is 18.9 Å². The maximum Gasteiger partial charge on any atom is 0.243 e. The molecule has 1 amide bonds. The standard InChI is InChI=1S/C21H26N4O3S2/c26-19(25-27)8-4-5-10-22-14-17-18(30-21(24-17)20-23-11-13-29-20)9-12-28-15-16-6-2-1-3-7-16/h1-3,6-7,11,13,22,27H,4-5,8-10,12,14-15H2,(H,25,26). The molecule has 0 spiro atoms. The fourth-order valence-electron chi connectivity index (χ4n) is 2.86. The van der Waals surface area contributed by atoms with Crippen molar-refractivity contribution in [1.82, 2.24) is 20.8 Å². The van der Waals surface area contributed by atoms with E-state index >= 15 is 0 Å². The lowest BCUT2D eigenvalue weighted by Gasteiger charge is -2.06. The van der Waals surface area contributed by atoms with Gasteiger partial charge in [-0.1, -0.05) is 30.3 Å². The summed E-state index contributed by atoms with van der Waals surface area (Å²) in [6, 6.07) is 10.2. The number of carbonyl (C=O) groups excluding carboxylic acids is 1. The summed E-state index contributed by atoms with van der Waals surface area (Å²) in [5, 5.41) is 15.8. The van der Waals surface area contributed by atoms with Crippen LogP contribution in [0.5, 0.6) is 0 Å². The summed E-state index contributed by atoms with van der Waals surface area (Å²) in [5.41, 5.74) is 3.85. The average molecular weight is 447 g/mol. The SMILES string of the molecule is O=C(CCCCNCc1nc(-c2nccs2)sc1CCOCc1ccccc1)NO. The molecule has 0 aliphatic rings. The summed E-state index contributed by atoms with van der Waals surface area (Å²) in [4.78, 5) is 21.4. The highest BCUT2D eigenvalue weighted by Gasteiger charge is 2.14. The van der Waals surface area contributed by atoms with Crippen LogP contribution in [-0.2, 0) is 29.1 Å². The normalized spacial score (nSPS) is 11.0. The smallest absolute Gasteiger partial charge is 0.243 e. The van der Waals surface area contributed by atoms with Crippen molar-refractivity contribution < 1.29 is 14.7 Å². The first-order valence-corrected chi connectivity index (χ1v) is 11.6. The molecule has 0 aliphatic carbocycles. The van der Waals surface area contributed by atoms with E-state index in [0.717, 1.165) is 41.5 Å². The lowest BCUT2D eigenvalue weighted by molar-refractivity contribution is -0.129. The molecule has 2 aromatic heterocycles. The van der Waals surface area contributed by atoms with Crippen LogP contribution in [-0.4, -0.2) is 34.2 Å². The first-order valence-electron chi connectivity index (χ1n) is 9.90. The van der Waals surface area contributed by atoms with E-state index in [1.807, 2.05) is 23.6 Å². The summed E-state index contributed by atoms with van der Waals surface area (Å²) in [6.45, 7) is 2.69. The molecule has 0 aliphatic heterocycles. The molecule has 30 heavy (non-hydrogen) atoms. The molecule has 3 aromatic rings. The number of nitrogens with zero attached hydrogens (tertiary/aromatic N) is 2. The van der Waals surface area contributed by atoms with Gasteiger partial charge in [-0.15, -0.1) is 22.7 Å². The Balaban J connectivity index is 1.50. The summed E-state index contributed by atoms with van der Waals surface area (Å²) in [7, 11) is 0. The Morgan fingerprint density at radius 2 is 2.03 bits per heavy atom. The molecule has 2 heterocycles.